The molecule has 0 aromatic heterocycles. The molecule has 1 heterocycles. The van der Waals surface area contributed by atoms with Crippen LogP contribution in [0.1, 0.15) is 12.8 Å². The van der Waals surface area contributed by atoms with Crippen molar-refractivity contribution >= 4 is 28.9 Å². The molecule has 1 saturated carbocycles. The van der Waals surface area contributed by atoms with Crippen LogP contribution in [0, 0.1) is 5.92 Å². The number of para-hydroxylation sites is 1. The van der Waals surface area contributed by atoms with E-state index in [4.69, 9.17) is 11.6 Å². The summed E-state index contributed by atoms with van der Waals surface area (Å²) in [5.74, 6) is 0.543. The zero-order valence-electron chi connectivity index (χ0n) is 8.09. The van der Waals surface area contributed by atoms with E-state index in [9.17, 15) is 4.79 Å². The molecule has 3 nitrogen and oxygen atoms in total. The summed E-state index contributed by atoms with van der Waals surface area (Å²) < 4.78 is 0. The molecule has 0 spiro atoms. The summed E-state index contributed by atoms with van der Waals surface area (Å²) in [5, 5.41) is 6.78. The first-order chi connectivity index (χ1) is 7.25. The van der Waals surface area contributed by atoms with E-state index in [0.717, 1.165) is 24.2 Å². The first kappa shape index (κ1) is 9.04. The van der Waals surface area contributed by atoms with Gasteiger partial charge in [-0.15, -0.1) is 0 Å². The summed E-state index contributed by atoms with van der Waals surface area (Å²) in [6.07, 6.45) is 2.26. The highest BCUT2D eigenvalue weighted by molar-refractivity contribution is 6.34. The third kappa shape index (κ3) is 1.47. The fourth-order valence-corrected chi connectivity index (χ4v) is 2.20. The zero-order valence-corrected chi connectivity index (χ0v) is 8.84. The minimum atomic E-state index is -0.0996. The second-order valence-electron chi connectivity index (χ2n) is 4.11. The number of hydrogen-bond donors (Lipinski definition) is 2. The molecule has 15 heavy (non-hydrogen) atoms. The van der Waals surface area contributed by atoms with Crippen molar-refractivity contribution in [3.05, 3.63) is 23.2 Å². The normalized spacial score (nSPS) is 24.1. The molecule has 1 atom stereocenters. The maximum absolute atomic E-state index is 11.7. The van der Waals surface area contributed by atoms with E-state index in [1.807, 2.05) is 18.2 Å². The predicted octanol–water partition coefficient (Wildman–Crippen LogP) is 2.48. The molecule has 1 unspecified atom stereocenters. The summed E-state index contributed by atoms with van der Waals surface area (Å²) in [4.78, 5) is 11.7. The van der Waals surface area contributed by atoms with Gasteiger partial charge in [-0.05, 0) is 30.9 Å². The van der Waals surface area contributed by atoms with E-state index in [-0.39, 0.29) is 11.9 Å². The predicted molar refractivity (Wildman–Crippen MR) is 60.2 cm³/mol. The van der Waals surface area contributed by atoms with Crippen LogP contribution in [-0.4, -0.2) is 11.9 Å². The molecule has 78 valence electrons. The van der Waals surface area contributed by atoms with Gasteiger partial charge >= 0.3 is 0 Å². The molecule has 1 aromatic rings. The van der Waals surface area contributed by atoms with Crippen molar-refractivity contribution < 1.29 is 4.79 Å². The standard InChI is InChI=1S/C11H11ClN2O/c12-7-2-1-3-8-10(7)14-9(6-4-5-6)11(15)13-8/h1-3,6,9,14H,4-5H2,(H,13,15). The molecule has 0 radical (unpaired) electrons. The van der Waals surface area contributed by atoms with Crippen LogP contribution in [-0.2, 0) is 4.79 Å². The Morgan fingerprint density at radius 3 is 2.87 bits per heavy atom. The SMILES string of the molecule is O=C1Nc2cccc(Cl)c2NC1C1CC1. The lowest BCUT2D eigenvalue weighted by molar-refractivity contribution is -0.117. The van der Waals surface area contributed by atoms with Crippen LogP contribution in [0.3, 0.4) is 0 Å². The Morgan fingerprint density at radius 1 is 1.33 bits per heavy atom. The number of anilines is 2. The van der Waals surface area contributed by atoms with Crippen molar-refractivity contribution in [3.8, 4) is 0 Å². The van der Waals surface area contributed by atoms with Crippen molar-refractivity contribution in [3.63, 3.8) is 0 Å². The first-order valence-electron chi connectivity index (χ1n) is 5.11. The second-order valence-corrected chi connectivity index (χ2v) is 4.52. The van der Waals surface area contributed by atoms with Gasteiger partial charge in [0.05, 0.1) is 16.4 Å². The third-order valence-electron chi connectivity index (χ3n) is 2.95. The largest absolute Gasteiger partial charge is 0.371 e. The van der Waals surface area contributed by atoms with Crippen molar-refractivity contribution in [2.24, 2.45) is 5.92 Å². The van der Waals surface area contributed by atoms with Gasteiger partial charge in [0.25, 0.3) is 0 Å². The lowest BCUT2D eigenvalue weighted by atomic mass is 10.1. The quantitative estimate of drug-likeness (QED) is 0.767. The van der Waals surface area contributed by atoms with Crippen LogP contribution in [0.15, 0.2) is 18.2 Å². The van der Waals surface area contributed by atoms with Crippen molar-refractivity contribution in [1.29, 1.82) is 0 Å². The molecule has 2 N–H and O–H groups in total. The van der Waals surface area contributed by atoms with Crippen molar-refractivity contribution in [2.45, 2.75) is 18.9 Å². The molecule has 1 aliphatic carbocycles. The summed E-state index contributed by atoms with van der Waals surface area (Å²) in [7, 11) is 0. The zero-order chi connectivity index (χ0) is 10.4. The van der Waals surface area contributed by atoms with Crippen LogP contribution in [0.2, 0.25) is 5.02 Å². The van der Waals surface area contributed by atoms with Crippen LogP contribution < -0.4 is 10.6 Å². The van der Waals surface area contributed by atoms with Gasteiger partial charge in [-0.2, -0.15) is 0 Å². The van der Waals surface area contributed by atoms with Crippen molar-refractivity contribution in [2.75, 3.05) is 10.6 Å². The average Bonchev–Trinajstić information content (AvgIpc) is 3.01. The summed E-state index contributed by atoms with van der Waals surface area (Å²) in [5.41, 5.74) is 1.64. The number of halogens is 1. The van der Waals surface area contributed by atoms with Gasteiger partial charge in [0.2, 0.25) is 5.91 Å². The van der Waals surface area contributed by atoms with Gasteiger partial charge < -0.3 is 10.6 Å². The summed E-state index contributed by atoms with van der Waals surface area (Å²) in [6.45, 7) is 0. The highest BCUT2D eigenvalue weighted by Gasteiger charge is 2.39. The second kappa shape index (κ2) is 3.14. The minimum absolute atomic E-state index is 0.0623. The van der Waals surface area contributed by atoms with E-state index >= 15 is 0 Å². The molecule has 0 saturated heterocycles. The summed E-state index contributed by atoms with van der Waals surface area (Å²) >= 11 is 6.07. The number of hydrogen-bond acceptors (Lipinski definition) is 2. The molecule has 3 rings (SSSR count). The number of carbonyl (C=O) groups excluding carboxylic acids is 1. The van der Waals surface area contributed by atoms with E-state index in [2.05, 4.69) is 10.6 Å². The Morgan fingerprint density at radius 2 is 2.13 bits per heavy atom. The van der Waals surface area contributed by atoms with Crippen LogP contribution in [0.5, 0.6) is 0 Å². The molecular weight excluding hydrogens is 212 g/mol. The van der Waals surface area contributed by atoms with Gasteiger partial charge in [-0.1, -0.05) is 17.7 Å². The molecule has 2 aliphatic rings. The van der Waals surface area contributed by atoms with E-state index in [0.29, 0.717) is 10.9 Å². The molecule has 4 heteroatoms. The van der Waals surface area contributed by atoms with E-state index < -0.39 is 0 Å². The lowest BCUT2D eigenvalue weighted by Gasteiger charge is -2.27. The number of benzene rings is 1. The number of rotatable bonds is 1. The number of fused-ring (bicyclic) bond motifs is 1. The third-order valence-corrected chi connectivity index (χ3v) is 3.26. The van der Waals surface area contributed by atoms with Crippen LogP contribution in [0.4, 0.5) is 11.4 Å². The van der Waals surface area contributed by atoms with E-state index in [1.165, 1.54) is 0 Å². The Bertz CT molecular complexity index is 429. The topological polar surface area (TPSA) is 41.1 Å². The van der Waals surface area contributed by atoms with Crippen LogP contribution in [0.25, 0.3) is 0 Å². The highest BCUT2D eigenvalue weighted by atomic mass is 35.5. The van der Waals surface area contributed by atoms with Gasteiger partial charge in [0.1, 0.15) is 6.04 Å². The lowest BCUT2D eigenvalue weighted by Crippen LogP contribution is -2.40. The Kier molecular flexibility index (Phi) is 1.89. The molecule has 1 aliphatic heterocycles. The smallest absolute Gasteiger partial charge is 0.247 e. The molecule has 1 amide bonds. The fraction of sp³-hybridized carbons (Fsp3) is 0.364. The monoisotopic (exact) mass is 222 g/mol. The Balaban J connectivity index is 1.99. The van der Waals surface area contributed by atoms with Crippen LogP contribution >= 0.6 is 11.6 Å². The number of amides is 1. The Hall–Kier alpha value is -1.22. The minimum Gasteiger partial charge on any atom is -0.371 e. The molecule has 1 fully saturated rings. The van der Waals surface area contributed by atoms with Gasteiger partial charge in [0.15, 0.2) is 0 Å². The average molecular weight is 223 g/mol. The maximum Gasteiger partial charge on any atom is 0.247 e. The van der Waals surface area contributed by atoms with Gasteiger partial charge in [-0.3, -0.25) is 4.79 Å². The van der Waals surface area contributed by atoms with E-state index in [1.54, 1.807) is 0 Å². The first-order valence-corrected chi connectivity index (χ1v) is 5.49. The van der Waals surface area contributed by atoms with Crippen molar-refractivity contribution in [1.82, 2.24) is 0 Å². The molecule has 0 bridgehead atoms. The maximum atomic E-state index is 11.7. The number of carbonyl (C=O) groups is 1. The fourth-order valence-electron chi connectivity index (χ4n) is 1.97. The molecular formula is C11H11ClN2O. The van der Waals surface area contributed by atoms with Gasteiger partial charge in [0, 0.05) is 0 Å². The summed E-state index contributed by atoms with van der Waals surface area (Å²) in [6, 6.07) is 5.42. The van der Waals surface area contributed by atoms with Gasteiger partial charge in [-0.25, -0.2) is 0 Å². The Labute approximate surface area is 92.8 Å². The highest BCUT2D eigenvalue weighted by Crippen LogP contribution is 2.40. The number of nitrogens with one attached hydrogen (secondary N) is 2. The molecule has 1 aromatic carbocycles.